The van der Waals surface area contributed by atoms with E-state index in [0.717, 1.165) is 10.5 Å². The number of β-lactam (4-membered cyclic amide) rings is 1. The second-order valence-electron chi connectivity index (χ2n) is 7.60. The zero-order valence-electron chi connectivity index (χ0n) is 16.4. The van der Waals surface area contributed by atoms with Crippen molar-refractivity contribution < 1.29 is 14.4 Å². The van der Waals surface area contributed by atoms with Gasteiger partial charge >= 0.3 is 0 Å². The van der Waals surface area contributed by atoms with E-state index in [1.165, 1.54) is 0 Å². The number of rotatable bonds is 3. The topological polar surface area (TPSA) is 57.7 Å². The summed E-state index contributed by atoms with van der Waals surface area (Å²) in [7, 11) is 0. The van der Waals surface area contributed by atoms with Gasteiger partial charge in [-0.1, -0.05) is 65.2 Å². The van der Waals surface area contributed by atoms with E-state index in [0.29, 0.717) is 32.4 Å². The number of imide groups is 1. The summed E-state index contributed by atoms with van der Waals surface area (Å²) in [5.41, 5.74) is 2.88. The van der Waals surface area contributed by atoms with Crippen molar-refractivity contribution in [2.24, 2.45) is 0 Å². The maximum Gasteiger partial charge on any atom is 0.262 e. The molecule has 0 radical (unpaired) electrons. The Morgan fingerprint density at radius 1 is 0.710 bits per heavy atom. The lowest BCUT2D eigenvalue weighted by molar-refractivity contribution is -0.130. The van der Waals surface area contributed by atoms with Crippen LogP contribution in [0.25, 0.3) is 0 Å². The number of carbonyl (C=O) groups excluding carboxylic acids is 3. The molecule has 3 aromatic rings. The van der Waals surface area contributed by atoms with E-state index < -0.39 is 23.9 Å². The van der Waals surface area contributed by atoms with Gasteiger partial charge in [-0.25, -0.2) is 0 Å². The molecule has 7 heteroatoms. The number of nitrogens with zero attached hydrogens (tertiary/aromatic N) is 2. The Hall–Kier alpha value is -3.15. The number of aryl methyl sites for hydroxylation is 1. The smallest absolute Gasteiger partial charge is 0.262 e. The first-order valence-electron chi connectivity index (χ1n) is 9.70. The number of anilines is 1. The molecular formula is C24H16Cl2N2O3. The average molecular weight is 451 g/mol. The third kappa shape index (κ3) is 2.88. The van der Waals surface area contributed by atoms with Crippen molar-refractivity contribution in [3.05, 3.63) is 99.0 Å². The summed E-state index contributed by atoms with van der Waals surface area (Å²) < 4.78 is 0. The van der Waals surface area contributed by atoms with Crippen LogP contribution < -0.4 is 4.90 Å². The van der Waals surface area contributed by atoms with Gasteiger partial charge in [-0.15, -0.1) is 0 Å². The molecule has 2 aliphatic rings. The summed E-state index contributed by atoms with van der Waals surface area (Å²) in [6.45, 7) is 1.95. The van der Waals surface area contributed by atoms with Crippen molar-refractivity contribution in [2.75, 3.05) is 4.90 Å². The minimum absolute atomic E-state index is 0.292. The van der Waals surface area contributed by atoms with Crippen LogP contribution in [-0.2, 0) is 4.79 Å². The third-order valence-corrected chi connectivity index (χ3v) is 6.62. The number of benzene rings is 3. The summed E-state index contributed by atoms with van der Waals surface area (Å²) >= 11 is 12.7. The van der Waals surface area contributed by atoms with Crippen LogP contribution in [0.4, 0.5) is 5.69 Å². The highest BCUT2D eigenvalue weighted by Crippen LogP contribution is 2.47. The molecule has 0 aromatic heterocycles. The molecule has 0 N–H and O–H groups in total. The van der Waals surface area contributed by atoms with Gasteiger partial charge in [0, 0.05) is 5.69 Å². The fraction of sp³-hybridized carbons (Fsp3) is 0.125. The Morgan fingerprint density at radius 3 is 1.94 bits per heavy atom. The highest BCUT2D eigenvalue weighted by atomic mass is 35.5. The monoisotopic (exact) mass is 450 g/mol. The predicted octanol–water partition coefficient (Wildman–Crippen LogP) is 5.05. The lowest BCUT2D eigenvalue weighted by Crippen LogP contribution is -2.67. The van der Waals surface area contributed by atoms with Gasteiger partial charge in [0.15, 0.2) is 0 Å². The van der Waals surface area contributed by atoms with Gasteiger partial charge < -0.3 is 4.90 Å². The minimum atomic E-state index is -1.01. The Balaban J connectivity index is 1.63. The molecule has 3 amide bonds. The number of carbonyl (C=O) groups is 3. The minimum Gasteiger partial charge on any atom is -0.300 e. The second-order valence-corrected chi connectivity index (χ2v) is 8.39. The molecule has 0 spiro atoms. The second kappa shape index (κ2) is 7.22. The maximum atomic E-state index is 13.4. The van der Waals surface area contributed by atoms with E-state index in [1.54, 1.807) is 47.4 Å². The van der Waals surface area contributed by atoms with Crippen molar-refractivity contribution in [2.45, 2.75) is 19.0 Å². The molecule has 0 bridgehead atoms. The van der Waals surface area contributed by atoms with E-state index in [4.69, 9.17) is 23.2 Å². The van der Waals surface area contributed by atoms with Gasteiger partial charge in [-0.3, -0.25) is 19.3 Å². The van der Waals surface area contributed by atoms with Crippen molar-refractivity contribution in [3.63, 3.8) is 0 Å². The molecule has 0 unspecified atom stereocenters. The molecule has 154 valence electrons. The molecule has 5 rings (SSSR count). The van der Waals surface area contributed by atoms with Gasteiger partial charge in [-0.05, 0) is 42.8 Å². The molecule has 2 heterocycles. The summed E-state index contributed by atoms with van der Waals surface area (Å²) in [5.74, 6) is -1.31. The molecule has 0 saturated carbocycles. The number of halogens is 2. The summed E-state index contributed by atoms with van der Waals surface area (Å²) in [4.78, 5) is 42.1. The molecule has 2 aliphatic heterocycles. The molecule has 1 saturated heterocycles. The first kappa shape index (κ1) is 19.8. The standard InChI is InChI=1S/C24H16Cl2N2O3/c1-13-9-11-14(12-10-13)27-20(17-7-4-8-18(25)19(17)26)21(24(27)31)28-22(29)15-5-2-3-6-16(15)23(28)30/h2-12,20-21H,1H3/t20-,21-/m0/s1. The highest BCUT2D eigenvalue weighted by molar-refractivity contribution is 6.42. The predicted molar refractivity (Wildman–Crippen MR) is 119 cm³/mol. The van der Waals surface area contributed by atoms with E-state index >= 15 is 0 Å². The van der Waals surface area contributed by atoms with Crippen LogP contribution in [0.3, 0.4) is 0 Å². The van der Waals surface area contributed by atoms with E-state index in [9.17, 15) is 14.4 Å². The van der Waals surface area contributed by atoms with Crippen molar-refractivity contribution in [1.29, 1.82) is 0 Å². The molecule has 31 heavy (non-hydrogen) atoms. The van der Waals surface area contributed by atoms with Crippen molar-refractivity contribution in [3.8, 4) is 0 Å². The normalized spacial score (nSPS) is 20.2. The van der Waals surface area contributed by atoms with E-state index in [1.807, 2.05) is 31.2 Å². The Kier molecular flexibility index (Phi) is 4.61. The van der Waals surface area contributed by atoms with Crippen LogP contribution in [0.15, 0.2) is 66.7 Å². The lowest BCUT2D eigenvalue weighted by atomic mass is 9.86. The van der Waals surface area contributed by atoms with E-state index in [2.05, 4.69) is 0 Å². The Bertz CT molecular complexity index is 1220. The number of amides is 3. The largest absolute Gasteiger partial charge is 0.300 e. The molecule has 2 atom stereocenters. The van der Waals surface area contributed by atoms with Crippen LogP contribution >= 0.6 is 23.2 Å². The van der Waals surface area contributed by atoms with Crippen LogP contribution in [0.5, 0.6) is 0 Å². The highest BCUT2D eigenvalue weighted by Gasteiger charge is 2.57. The van der Waals surface area contributed by atoms with E-state index in [-0.39, 0.29) is 5.91 Å². The molecule has 5 nitrogen and oxygen atoms in total. The number of fused-ring (bicyclic) bond motifs is 1. The van der Waals surface area contributed by atoms with Crippen LogP contribution in [0.1, 0.15) is 37.9 Å². The first-order valence-corrected chi connectivity index (χ1v) is 10.5. The van der Waals surface area contributed by atoms with Crippen LogP contribution in [0.2, 0.25) is 10.0 Å². The van der Waals surface area contributed by atoms with Gasteiger partial charge in [-0.2, -0.15) is 0 Å². The van der Waals surface area contributed by atoms with Gasteiger partial charge in [0.2, 0.25) is 0 Å². The van der Waals surface area contributed by atoms with Gasteiger partial charge in [0.05, 0.1) is 27.2 Å². The maximum absolute atomic E-state index is 13.4. The SMILES string of the molecule is Cc1ccc(N2C(=O)[C@@H](N3C(=O)c4ccccc4C3=O)[C@@H]2c2cccc(Cl)c2Cl)cc1. The van der Waals surface area contributed by atoms with Crippen LogP contribution in [-0.4, -0.2) is 28.7 Å². The first-order chi connectivity index (χ1) is 14.9. The van der Waals surface area contributed by atoms with Crippen LogP contribution in [0, 0.1) is 6.92 Å². The van der Waals surface area contributed by atoms with Crippen molar-refractivity contribution in [1.82, 2.24) is 4.90 Å². The zero-order chi connectivity index (χ0) is 21.9. The van der Waals surface area contributed by atoms with Gasteiger partial charge in [0.1, 0.15) is 6.04 Å². The third-order valence-electron chi connectivity index (χ3n) is 5.78. The lowest BCUT2D eigenvalue weighted by Gasteiger charge is -2.50. The zero-order valence-corrected chi connectivity index (χ0v) is 17.9. The molecule has 3 aromatic carbocycles. The summed E-state index contributed by atoms with van der Waals surface area (Å²) in [6.07, 6.45) is 0. The average Bonchev–Trinajstić information content (AvgIpc) is 3.01. The fourth-order valence-electron chi connectivity index (χ4n) is 4.24. The summed E-state index contributed by atoms with van der Waals surface area (Å²) in [5, 5.41) is 0.629. The summed E-state index contributed by atoms with van der Waals surface area (Å²) in [6, 6.07) is 17.5. The Morgan fingerprint density at radius 2 is 1.32 bits per heavy atom. The Labute approximate surface area is 188 Å². The van der Waals surface area contributed by atoms with Gasteiger partial charge in [0.25, 0.3) is 17.7 Å². The van der Waals surface area contributed by atoms with Crippen molar-refractivity contribution >= 4 is 46.6 Å². The molecular weight excluding hydrogens is 435 g/mol. The number of hydrogen-bond acceptors (Lipinski definition) is 3. The number of hydrogen-bond donors (Lipinski definition) is 0. The fourth-order valence-corrected chi connectivity index (χ4v) is 4.66. The molecule has 0 aliphatic carbocycles. The molecule has 1 fully saturated rings. The quantitative estimate of drug-likeness (QED) is 0.414.